The minimum atomic E-state index is -3.21. The molecule has 1 aromatic carbocycles. The molecule has 0 bridgehead atoms. The minimum Gasteiger partial charge on any atom is -0.338 e. The molecule has 224 valence electrons. The number of benzene rings is 1. The van der Waals surface area contributed by atoms with Crippen molar-refractivity contribution in [1.29, 1.82) is 0 Å². The van der Waals surface area contributed by atoms with Crippen LogP contribution in [0.5, 0.6) is 0 Å². The van der Waals surface area contributed by atoms with E-state index < -0.39 is 10.0 Å². The summed E-state index contributed by atoms with van der Waals surface area (Å²) >= 11 is 0. The molecular formula is C31H46N6O3S. The second kappa shape index (κ2) is 12.1. The second-order valence-electron chi connectivity index (χ2n) is 12.6. The summed E-state index contributed by atoms with van der Waals surface area (Å²) < 4.78 is 26.6. The average Bonchev–Trinajstić information content (AvgIpc) is 2.94. The van der Waals surface area contributed by atoms with E-state index in [9.17, 15) is 13.2 Å². The fourth-order valence-corrected chi connectivity index (χ4v) is 8.28. The maximum absolute atomic E-state index is 13.4. The largest absolute Gasteiger partial charge is 0.338 e. The summed E-state index contributed by atoms with van der Waals surface area (Å²) in [4.78, 5) is 29.1. The molecule has 4 heterocycles. The summed E-state index contributed by atoms with van der Waals surface area (Å²) in [7, 11) is -3.21. The molecule has 9 nitrogen and oxygen atoms in total. The van der Waals surface area contributed by atoms with Crippen molar-refractivity contribution >= 4 is 15.9 Å². The van der Waals surface area contributed by atoms with E-state index in [-0.39, 0.29) is 23.4 Å². The Kier molecular flexibility index (Phi) is 8.85. The van der Waals surface area contributed by atoms with Gasteiger partial charge in [0.25, 0.3) is 5.91 Å². The molecule has 3 aliphatic rings. The molecule has 0 aliphatic carbocycles. The Hall–Kier alpha value is -2.40. The van der Waals surface area contributed by atoms with Crippen LogP contribution in [0.1, 0.15) is 72.9 Å². The number of nitrogens with zero attached hydrogens (tertiary/aromatic N) is 6. The molecule has 1 amide bonds. The number of aromatic nitrogens is 2. The molecule has 41 heavy (non-hydrogen) atoms. The number of amides is 1. The van der Waals surface area contributed by atoms with E-state index in [2.05, 4.69) is 63.9 Å². The molecular weight excluding hydrogens is 536 g/mol. The first-order valence-electron chi connectivity index (χ1n) is 15.1. The summed E-state index contributed by atoms with van der Waals surface area (Å²) in [6.07, 6.45) is 6.66. The lowest BCUT2D eigenvalue weighted by molar-refractivity contribution is -0.0423. The molecule has 5 rings (SSSR count). The zero-order valence-electron chi connectivity index (χ0n) is 25.3. The third kappa shape index (κ3) is 6.35. The Bertz CT molecular complexity index is 1310. The lowest BCUT2D eigenvalue weighted by atomic mass is 9.83. The SMILES string of the molecule is Cc1ncnc(C)c1C(=O)N1CCC(C)(N2CCN(C(c3ccccc3)C3CCCN(S(C)(=O)=O)C3)[C@@H](C)C2)CC1. The number of rotatable bonds is 6. The molecule has 0 N–H and O–H groups in total. The van der Waals surface area contributed by atoms with E-state index in [4.69, 9.17) is 0 Å². The van der Waals surface area contributed by atoms with Gasteiger partial charge in [0, 0.05) is 63.4 Å². The van der Waals surface area contributed by atoms with Crippen LogP contribution in [0.25, 0.3) is 0 Å². The van der Waals surface area contributed by atoms with Gasteiger partial charge in [-0.1, -0.05) is 30.3 Å². The van der Waals surface area contributed by atoms with Crippen LogP contribution >= 0.6 is 0 Å². The number of hydrogen-bond donors (Lipinski definition) is 0. The summed E-state index contributed by atoms with van der Waals surface area (Å²) in [6, 6.07) is 11.2. The van der Waals surface area contributed by atoms with Crippen LogP contribution in [0.15, 0.2) is 36.7 Å². The predicted octanol–water partition coefficient (Wildman–Crippen LogP) is 3.51. The van der Waals surface area contributed by atoms with Crippen LogP contribution in [0.2, 0.25) is 0 Å². The summed E-state index contributed by atoms with van der Waals surface area (Å²) in [5.74, 6) is 0.302. The van der Waals surface area contributed by atoms with Crippen LogP contribution in [0, 0.1) is 19.8 Å². The quantitative estimate of drug-likeness (QED) is 0.515. The number of sulfonamides is 1. The van der Waals surface area contributed by atoms with Gasteiger partial charge in [0.1, 0.15) is 6.33 Å². The molecule has 2 unspecified atom stereocenters. The van der Waals surface area contributed by atoms with Crippen molar-refractivity contribution in [3.63, 3.8) is 0 Å². The molecule has 3 saturated heterocycles. The number of piperazine rings is 1. The maximum Gasteiger partial charge on any atom is 0.257 e. The van der Waals surface area contributed by atoms with E-state index in [1.807, 2.05) is 18.7 Å². The number of carbonyl (C=O) groups excluding carboxylic acids is 1. The smallest absolute Gasteiger partial charge is 0.257 e. The molecule has 3 aliphatic heterocycles. The zero-order valence-corrected chi connectivity index (χ0v) is 26.1. The van der Waals surface area contributed by atoms with Gasteiger partial charge < -0.3 is 4.90 Å². The summed E-state index contributed by atoms with van der Waals surface area (Å²) in [5.41, 5.74) is 3.44. The standard InChI is InChI=1S/C31H46N6O3S/c1-23-20-35(31(4)13-16-34(17-14-31)30(38)28-24(2)32-22-33-25(28)3)18-19-37(23)29(26-10-7-6-8-11-26)27-12-9-15-36(21-27)41(5,39)40/h6-8,10-11,22-23,27,29H,9,12-21H2,1-5H3/t23-,27?,29?/m0/s1. The fourth-order valence-electron chi connectivity index (χ4n) is 7.36. The Balaban J connectivity index is 1.27. The van der Waals surface area contributed by atoms with Gasteiger partial charge in [0.15, 0.2) is 0 Å². The van der Waals surface area contributed by atoms with Crippen molar-refractivity contribution in [1.82, 2.24) is 29.0 Å². The van der Waals surface area contributed by atoms with Crippen molar-refractivity contribution in [3.8, 4) is 0 Å². The molecule has 2 aromatic rings. The van der Waals surface area contributed by atoms with Crippen LogP contribution in [-0.2, 0) is 10.0 Å². The van der Waals surface area contributed by atoms with Gasteiger partial charge in [-0.2, -0.15) is 0 Å². The average molecular weight is 583 g/mol. The van der Waals surface area contributed by atoms with Gasteiger partial charge in [-0.25, -0.2) is 22.7 Å². The molecule has 3 fully saturated rings. The third-order valence-corrected chi connectivity index (χ3v) is 11.1. The van der Waals surface area contributed by atoms with Crippen LogP contribution in [0.3, 0.4) is 0 Å². The highest BCUT2D eigenvalue weighted by atomic mass is 32.2. The van der Waals surface area contributed by atoms with E-state index in [0.29, 0.717) is 24.7 Å². The van der Waals surface area contributed by atoms with Crippen LogP contribution in [0.4, 0.5) is 0 Å². The highest BCUT2D eigenvalue weighted by Gasteiger charge is 2.43. The first-order chi connectivity index (χ1) is 19.5. The monoisotopic (exact) mass is 582 g/mol. The third-order valence-electron chi connectivity index (χ3n) is 9.84. The summed E-state index contributed by atoms with van der Waals surface area (Å²) in [6.45, 7) is 14.0. The number of carbonyl (C=O) groups is 1. The van der Waals surface area contributed by atoms with Crippen LogP contribution < -0.4 is 0 Å². The number of piperidine rings is 2. The lowest BCUT2D eigenvalue weighted by Crippen LogP contribution is -2.63. The van der Waals surface area contributed by atoms with E-state index in [0.717, 1.165) is 69.8 Å². The van der Waals surface area contributed by atoms with Gasteiger partial charge in [-0.15, -0.1) is 0 Å². The van der Waals surface area contributed by atoms with Gasteiger partial charge in [-0.3, -0.25) is 14.6 Å². The Morgan fingerprint density at radius 2 is 1.63 bits per heavy atom. The normalized spacial score (nSPS) is 25.6. The van der Waals surface area contributed by atoms with Crippen molar-refractivity contribution < 1.29 is 13.2 Å². The highest BCUT2D eigenvalue weighted by Crippen LogP contribution is 2.39. The highest BCUT2D eigenvalue weighted by molar-refractivity contribution is 7.88. The predicted molar refractivity (Wildman–Crippen MR) is 161 cm³/mol. The van der Waals surface area contributed by atoms with Gasteiger partial charge >= 0.3 is 0 Å². The number of likely N-dealkylation sites (tertiary alicyclic amines) is 1. The molecule has 1 aromatic heterocycles. The number of aryl methyl sites for hydroxylation is 2. The van der Waals surface area contributed by atoms with Gasteiger partial charge in [0.2, 0.25) is 10.0 Å². The van der Waals surface area contributed by atoms with Crippen molar-refractivity contribution in [2.75, 3.05) is 52.1 Å². The second-order valence-corrected chi connectivity index (χ2v) is 14.6. The molecule has 3 atom stereocenters. The molecule has 0 radical (unpaired) electrons. The first kappa shape index (κ1) is 30.1. The van der Waals surface area contributed by atoms with Gasteiger partial charge in [-0.05, 0) is 64.9 Å². The van der Waals surface area contributed by atoms with E-state index in [1.54, 1.807) is 4.31 Å². The lowest BCUT2D eigenvalue weighted by Gasteiger charge is -2.54. The molecule has 0 saturated carbocycles. The molecule has 0 spiro atoms. The maximum atomic E-state index is 13.4. The van der Waals surface area contributed by atoms with Crippen LogP contribution in [-0.4, -0.2) is 107 Å². The minimum absolute atomic E-state index is 0.0363. The van der Waals surface area contributed by atoms with E-state index in [1.165, 1.54) is 18.1 Å². The Labute approximate surface area is 246 Å². The number of hydrogen-bond acceptors (Lipinski definition) is 7. The Morgan fingerprint density at radius 3 is 2.24 bits per heavy atom. The van der Waals surface area contributed by atoms with Crippen molar-refractivity contribution in [2.24, 2.45) is 5.92 Å². The molecule has 10 heteroatoms. The van der Waals surface area contributed by atoms with Gasteiger partial charge in [0.05, 0.1) is 23.2 Å². The van der Waals surface area contributed by atoms with Crippen molar-refractivity contribution in [2.45, 2.75) is 71.0 Å². The topological polar surface area (TPSA) is 90.0 Å². The summed E-state index contributed by atoms with van der Waals surface area (Å²) in [5, 5.41) is 0. The van der Waals surface area contributed by atoms with E-state index >= 15 is 0 Å². The zero-order chi connectivity index (χ0) is 29.4. The Morgan fingerprint density at radius 1 is 0.976 bits per heavy atom. The fraction of sp³-hybridized carbons (Fsp3) is 0.645. The van der Waals surface area contributed by atoms with Crippen molar-refractivity contribution in [3.05, 3.63) is 59.2 Å². The first-order valence-corrected chi connectivity index (χ1v) is 16.9.